The summed E-state index contributed by atoms with van der Waals surface area (Å²) in [7, 11) is 0. The first-order valence-electron chi connectivity index (χ1n) is 3.52. The van der Waals surface area contributed by atoms with E-state index in [2.05, 4.69) is 10.2 Å². The summed E-state index contributed by atoms with van der Waals surface area (Å²) in [5.41, 5.74) is 0.813. The molecule has 0 radical (unpaired) electrons. The van der Waals surface area contributed by atoms with Crippen molar-refractivity contribution in [1.82, 2.24) is 10.2 Å². The Labute approximate surface area is 85.1 Å². The Balaban J connectivity index is 2.41. The maximum atomic E-state index is 5.72. The molecule has 0 spiro atoms. The number of rotatable bonds is 1. The highest BCUT2D eigenvalue weighted by Gasteiger charge is 2.02. The minimum Gasteiger partial charge on any atom is -0.719 e. The molecule has 0 saturated carbocycles. The van der Waals surface area contributed by atoms with Crippen LogP contribution < -0.4 is 0 Å². The number of nitrogens with zero attached hydrogens (tertiary/aromatic N) is 2. The molecular formula is C8H4ClN2OS-. The Morgan fingerprint density at radius 2 is 1.85 bits per heavy atom. The van der Waals surface area contributed by atoms with Crippen molar-refractivity contribution in [3.8, 4) is 11.5 Å². The molecule has 66 valence electrons. The van der Waals surface area contributed by atoms with Crippen LogP contribution in [-0.4, -0.2) is 10.2 Å². The Kier molecular flexibility index (Phi) is 2.16. The topological polar surface area (TPSA) is 38.9 Å². The molecule has 0 aliphatic heterocycles. The van der Waals surface area contributed by atoms with Gasteiger partial charge in [-0.05, 0) is 24.3 Å². The van der Waals surface area contributed by atoms with Gasteiger partial charge in [0.1, 0.15) is 0 Å². The first-order chi connectivity index (χ1) is 6.25. The molecule has 1 aromatic heterocycles. The second-order valence-corrected chi connectivity index (χ2v) is 3.17. The zero-order valence-electron chi connectivity index (χ0n) is 6.40. The van der Waals surface area contributed by atoms with E-state index in [1.54, 1.807) is 24.3 Å². The van der Waals surface area contributed by atoms with Gasteiger partial charge < -0.3 is 17.0 Å². The fourth-order valence-corrected chi connectivity index (χ4v) is 1.16. The van der Waals surface area contributed by atoms with Gasteiger partial charge in [-0.3, -0.25) is 0 Å². The van der Waals surface area contributed by atoms with Crippen molar-refractivity contribution in [3.05, 3.63) is 29.3 Å². The van der Waals surface area contributed by atoms with Crippen molar-refractivity contribution in [3.63, 3.8) is 0 Å². The molecule has 0 aliphatic rings. The lowest BCUT2D eigenvalue weighted by molar-refractivity contribution is 0.467. The van der Waals surface area contributed by atoms with Gasteiger partial charge in [0.05, 0.1) is 5.22 Å². The molecule has 2 rings (SSSR count). The van der Waals surface area contributed by atoms with Crippen LogP contribution in [0.15, 0.2) is 33.9 Å². The quantitative estimate of drug-likeness (QED) is 0.679. The fourth-order valence-electron chi connectivity index (χ4n) is 0.919. The van der Waals surface area contributed by atoms with Crippen LogP contribution in [0.1, 0.15) is 0 Å². The maximum absolute atomic E-state index is 5.72. The molecule has 0 unspecified atom stereocenters. The Morgan fingerprint density at radius 1 is 1.15 bits per heavy atom. The minimum atomic E-state index is 0.143. The van der Waals surface area contributed by atoms with Gasteiger partial charge in [-0.25, -0.2) is 0 Å². The average Bonchev–Trinajstić information content (AvgIpc) is 2.53. The summed E-state index contributed by atoms with van der Waals surface area (Å²) in [6, 6.07) is 7.10. The smallest absolute Gasteiger partial charge is 0.245 e. The highest BCUT2D eigenvalue weighted by atomic mass is 35.5. The van der Waals surface area contributed by atoms with Gasteiger partial charge in [0.15, 0.2) is 0 Å². The molecule has 0 aliphatic carbocycles. The number of hydrogen-bond acceptors (Lipinski definition) is 4. The fraction of sp³-hybridized carbons (Fsp3) is 0. The van der Waals surface area contributed by atoms with Crippen LogP contribution in [0.5, 0.6) is 0 Å². The first-order valence-corrected chi connectivity index (χ1v) is 4.31. The lowest BCUT2D eigenvalue weighted by atomic mass is 10.2. The SMILES string of the molecule is [S-]c1nnc(-c2ccc(Cl)cc2)o1. The molecule has 2 aromatic rings. The monoisotopic (exact) mass is 211 g/mol. The van der Waals surface area contributed by atoms with Gasteiger partial charge in [0, 0.05) is 10.6 Å². The summed E-state index contributed by atoms with van der Waals surface area (Å²) in [6.45, 7) is 0. The molecule has 1 heterocycles. The summed E-state index contributed by atoms with van der Waals surface area (Å²) in [6.07, 6.45) is 0. The van der Waals surface area contributed by atoms with E-state index in [9.17, 15) is 0 Å². The molecule has 0 amide bonds. The minimum absolute atomic E-state index is 0.143. The maximum Gasteiger partial charge on any atom is 0.245 e. The third-order valence-corrected chi connectivity index (χ3v) is 1.91. The third kappa shape index (κ3) is 1.79. The summed E-state index contributed by atoms with van der Waals surface area (Å²) in [4.78, 5) is 0. The molecule has 1 aromatic carbocycles. The summed E-state index contributed by atoms with van der Waals surface area (Å²) in [5, 5.41) is 8.14. The molecule has 0 N–H and O–H groups in total. The van der Waals surface area contributed by atoms with Gasteiger partial charge in [0.2, 0.25) is 5.89 Å². The van der Waals surface area contributed by atoms with E-state index < -0.39 is 0 Å². The second kappa shape index (κ2) is 3.32. The van der Waals surface area contributed by atoms with Crippen LogP contribution in [0.2, 0.25) is 5.02 Å². The molecule has 3 nitrogen and oxygen atoms in total. The molecule has 0 bridgehead atoms. The largest absolute Gasteiger partial charge is 0.719 e. The van der Waals surface area contributed by atoms with Crippen molar-refractivity contribution in [2.24, 2.45) is 0 Å². The van der Waals surface area contributed by atoms with E-state index >= 15 is 0 Å². The van der Waals surface area contributed by atoms with Crippen LogP contribution >= 0.6 is 11.6 Å². The molecule has 0 atom stereocenters. The second-order valence-electron chi connectivity index (χ2n) is 2.38. The zero-order chi connectivity index (χ0) is 9.26. The summed E-state index contributed by atoms with van der Waals surface area (Å²) >= 11 is 10.4. The number of aromatic nitrogens is 2. The van der Waals surface area contributed by atoms with Crippen molar-refractivity contribution in [2.75, 3.05) is 0 Å². The third-order valence-electron chi connectivity index (χ3n) is 1.50. The van der Waals surface area contributed by atoms with E-state index in [1.165, 1.54) is 0 Å². The van der Waals surface area contributed by atoms with Crippen molar-refractivity contribution < 1.29 is 4.42 Å². The standard InChI is InChI=1S/C8H5ClN2OS/c9-6-3-1-5(2-4-6)7-10-11-8(13)12-7/h1-4H,(H,11,13)/p-1. The van der Waals surface area contributed by atoms with Gasteiger partial charge in [-0.15, -0.1) is 10.2 Å². The van der Waals surface area contributed by atoms with E-state index in [4.69, 9.17) is 28.6 Å². The van der Waals surface area contributed by atoms with Gasteiger partial charge >= 0.3 is 0 Å². The van der Waals surface area contributed by atoms with Gasteiger partial charge in [0.25, 0.3) is 0 Å². The van der Waals surface area contributed by atoms with Crippen LogP contribution in [0.3, 0.4) is 0 Å². The molecule has 13 heavy (non-hydrogen) atoms. The summed E-state index contributed by atoms with van der Waals surface area (Å²) < 4.78 is 5.06. The lowest BCUT2D eigenvalue weighted by Gasteiger charge is -1.95. The molecule has 0 saturated heterocycles. The lowest BCUT2D eigenvalue weighted by Crippen LogP contribution is -1.76. The Hall–Kier alpha value is -1.13. The van der Waals surface area contributed by atoms with E-state index in [0.717, 1.165) is 5.56 Å². The van der Waals surface area contributed by atoms with E-state index in [-0.39, 0.29) is 5.22 Å². The number of halogens is 1. The van der Waals surface area contributed by atoms with Crippen molar-refractivity contribution in [1.29, 1.82) is 0 Å². The molecular weight excluding hydrogens is 208 g/mol. The molecule has 0 fully saturated rings. The average molecular weight is 212 g/mol. The molecule has 5 heteroatoms. The predicted octanol–water partition coefficient (Wildman–Crippen LogP) is 2.30. The van der Waals surface area contributed by atoms with Gasteiger partial charge in [-0.1, -0.05) is 11.6 Å². The van der Waals surface area contributed by atoms with E-state index in [1.807, 2.05) is 0 Å². The zero-order valence-corrected chi connectivity index (χ0v) is 7.97. The van der Waals surface area contributed by atoms with Crippen LogP contribution in [0.25, 0.3) is 11.5 Å². The predicted molar refractivity (Wildman–Crippen MR) is 50.4 cm³/mol. The number of hydrogen-bond donors (Lipinski definition) is 0. The normalized spacial score (nSPS) is 10.2. The van der Waals surface area contributed by atoms with Crippen LogP contribution in [-0.2, 0) is 12.6 Å². The first kappa shape index (κ1) is 8.47. The Bertz CT molecular complexity index is 412. The van der Waals surface area contributed by atoms with E-state index in [0.29, 0.717) is 10.9 Å². The summed E-state index contributed by atoms with van der Waals surface area (Å²) in [5.74, 6) is 0.418. The van der Waals surface area contributed by atoms with Crippen LogP contribution in [0, 0.1) is 0 Å². The van der Waals surface area contributed by atoms with Gasteiger partial charge in [-0.2, -0.15) is 0 Å². The van der Waals surface area contributed by atoms with Crippen molar-refractivity contribution in [2.45, 2.75) is 5.22 Å². The highest BCUT2D eigenvalue weighted by Crippen LogP contribution is 2.19. The Morgan fingerprint density at radius 3 is 2.38 bits per heavy atom. The highest BCUT2D eigenvalue weighted by molar-refractivity contribution is 7.58. The van der Waals surface area contributed by atoms with Crippen molar-refractivity contribution >= 4 is 24.2 Å². The van der Waals surface area contributed by atoms with Crippen LogP contribution in [0.4, 0.5) is 0 Å². The number of benzene rings is 1.